The van der Waals surface area contributed by atoms with Gasteiger partial charge in [-0.1, -0.05) is 6.07 Å². The van der Waals surface area contributed by atoms with Crippen molar-refractivity contribution >= 4 is 23.4 Å². The molecule has 5 rings (SSSR count). The van der Waals surface area contributed by atoms with Crippen LogP contribution in [0.25, 0.3) is 5.52 Å². The lowest BCUT2D eigenvalue weighted by Gasteiger charge is -2.31. The van der Waals surface area contributed by atoms with Crippen LogP contribution in [0.15, 0.2) is 24.4 Å². The summed E-state index contributed by atoms with van der Waals surface area (Å²) in [6.45, 7) is 1.17. The summed E-state index contributed by atoms with van der Waals surface area (Å²) in [5, 5.41) is 17.5. The number of alkyl halides is 8. The minimum Gasteiger partial charge on any atom is -0.475 e. The highest BCUT2D eigenvalue weighted by Gasteiger charge is 2.43. The zero-order valence-electron chi connectivity index (χ0n) is 21.9. The van der Waals surface area contributed by atoms with Crippen molar-refractivity contribution in [3.63, 3.8) is 0 Å². The number of fused-ring (bicyclic) bond motifs is 1. The number of hydrogen-bond acceptors (Lipinski definition) is 5. The highest BCUT2D eigenvalue weighted by atomic mass is 19.4. The van der Waals surface area contributed by atoms with Gasteiger partial charge in [0.25, 0.3) is 11.8 Å². The minimum atomic E-state index is -5.08. The summed E-state index contributed by atoms with van der Waals surface area (Å²) >= 11 is 0. The summed E-state index contributed by atoms with van der Waals surface area (Å²) in [4.78, 5) is 37.5. The van der Waals surface area contributed by atoms with Gasteiger partial charge >= 0.3 is 24.3 Å². The molecule has 0 bridgehead atoms. The molecule has 9 nitrogen and oxygen atoms in total. The number of nitrogens with zero attached hydrogens (tertiary/aromatic N) is 3. The van der Waals surface area contributed by atoms with Crippen LogP contribution >= 0.6 is 0 Å². The number of likely N-dealkylation sites (tertiary alicyclic amines) is 1. The SMILES string of the molecule is O=C(NC(C1CC1)C1CC1)c1nc(CN2CCC(F)(F)CC2)n2ccccc12.O=C(O)C(F)(F)F.O=C(O)C(F)(F)F. The van der Waals surface area contributed by atoms with Crippen molar-refractivity contribution in [1.29, 1.82) is 0 Å². The lowest BCUT2D eigenvalue weighted by atomic mass is 10.1. The Hall–Kier alpha value is -3.50. The van der Waals surface area contributed by atoms with E-state index in [4.69, 9.17) is 19.8 Å². The van der Waals surface area contributed by atoms with Gasteiger partial charge in [0.15, 0.2) is 5.69 Å². The maximum absolute atomic E-state index is 13.4. The van der Waals surface area contributed by atoms with E-state index in [1.807, 2.05) is 33.7 Å². The van der Waals surface area contributed by atoms with Crippen molar-refractivity contribution in [2.45, 2.75) is 69.4 Å². The quantitative estimate of drug-likeness (QED) is 0.401. The second-order valence-electron chi connectivity index (χ2n) is 10.2. The first-order valence-corrected chi connectivity index (χ1v) is 12.9. The highest BCUT2D eigenvalue weighted by molar-refractivity contribution is 5.99. The van der Waals surface area contributed by atoms with Crippen LogP contribution in [0.1, 0.15) is 54.8 Å². The molecule has 2 aliphatic carbocycles. The number of hydrogen-bond donors (Lipinski definition) is 3. The standard InChI is InChI=1S/C21H26F2N4O.2C2HF3O2/c22-21(23)8-11-26(12-9-21)13-17-24-19(16-3-1-2-10-27(16)17)20(28)25-18(14-4-5-14)15-6-7-15;2*3-2(4,5)1(6)7/h1-3,10,14-15,18H,4-9,11-13H2,(H,25,28);2*(H,6,7). The van der Waals surface area contributed by atoms with Gasteiger partial charge in [0, 0.05) is 38.2 Å². The molecule has 2 aromatic heterocycles. The zero-order chi connectivity index (χ0) is 31.5. The Morgan fingerprint density at radius 1 is 0.929 bits per heavy atom. The Labute approximate surface area is 233 Å². The molecule has 17 heteroatoms. The first-order valence-electron chi connectivity index (χ1n) is 12.9. The summed E-state index contributed by atoms with van der Waals surface area (Å²) in [7, 11) is 0. The highest BCUT2D eigenvalue weighted by Crippen LogP contribution is 2.44. The number of carboxylic acids is 2. The van der Waals surface area contributed by atoms with Gasteiger partial charge in [-0.15, -0.1) is 0 Å². The molecule has 234 valence electrons. The molecule has 1 saturated heterocycles. The average Bonchev–Trinajstić information content (AvgIpc) is 3.81. The van der Waals surface area contributed by atoms with Gasteiger partial charge in [-0.3, -0.25) is 9.69 Å². The second-order valence-corrected chi connectivity index (χ2v) is 10.2. The number of piperidine rings is 1. The van der Waals surface area contributed by atoms with Crippen molar-refractivity contribution in [3.8, 4) is 0 Å². The number of amides is 1. The maximum Gasteiger partial charge on any atom is 0.490 e. The van der Waals surface area contributed by atoms with E-state index in [9.17, 15) is 39.9 Å². The van der Waals surface area contributed by atoms with Crippen LogP contribution in [0.4, 0.5) is 35.1 Å². The third-order valence-corrected chi connectivity index (χ3v) is 6.83. The Morgan fingerprint density at radius 3 is 1.83 bits per heavy atom. The number of pyridine rings is 1. The van der Waals surface area contributed by atoms with Crippen molar-refractivity contribution < 1.29 is 59.7 Å². The monoisotopic (exact) mass is 616 g/mol. The normalized spacial score (nSPS) is 18.9. The Balaban J connectivity index is 0.000000289. The molecule has 0 aromatic carbocycles. The van der Waals surface area contributed by atoms with Gasteiger partial charge in [0.1, 0.15) is 5.82 Å². The predicted octanol–water partition coefficient (Wildman–Crippen LogP) is 4.75. The third-order valence-electron chi connectivity index (χ3n) is 6.83. The Bertz CT molecular complexity index is 1230. The number of aliphatic carboxylic acids is 2. The molecule has 2 aromatic rings. The molecule has 0 radical (unpaired) electrons. The van der Waals surface area contributed by atoms with Crippen molar-refractivity contribution in [3.05, 3.63) is 35.9 Å². The smallest absolute Gasteiger partial charge is 0.475 e. The molecule has 3 heterocycles. The molecule has 0 unspecified atom stereocenters. The zero-order valence-corrected chi connectivity index (χ0v) is 21.9. The summed E-state index contributed by atoms with van der Waals surface area (Å²) in [5.41, 5.74) is 1.23. The van der Waals surface area contributed by atoms with E-state index in [1.54, 1.807) is 0 Å². The van der Waals surface area contributed by atoms with Crippen LogP contribution in [0, 0.1) is 11.8 Å². The molecule has 2 saturated carbocycles. The first-order chi connectivity index (χ1) is 19.4. The van der Waals surface area contributed by atoms with Gasteiger partial charge in [0.2, 0.25) is 0 Å². The number of carbonyl (C=O) groups is 3. The molecule has 0 spiro atoms. The van der Waals surface area contributed by atoms with E-state index in [2.05, 4.69) is 10.3 Å². The van der Waals surface area contributed by atoms with E-state index < -0.39 is 30.2 Å². The van der Waals surface area contributed by atoms with Crippen LogP contribution in [-0.2, 0) is 16.1 Å². The average molecular weight is 617 g/mol. The molecular formula is C25H28F8N4O5. The number of rotatable bonds is 6. The van der Waals surface area contributed by atoms with Crippen LogP contribution in [0.5, 0.6) is 0 Å². The molecule has 3 fully saturated rings. The summed E-state index contributed by atoms with van der Waals surface area (Å²) in [6.07, 6.45) is -3.69. The summed E-state index contributed by atoms with van der Waals surface area (Å²) in [5.74, 6) is -6.19. The molecule has 1 amide bonds. The van der Waals surface area contributed by atoms with Crippen molar-refractivity contribution in [2.75, 3.05) is 13.1 Å². The summed E-state index contributed by atoms with van der Waals surface area (Å²) in [6, 6.07) is 5.99. The largest absolute Gasteiger partial charge is 0.490 e. The fourth-order valence-corrected chi connectivity index (χ4v) is 4.37. The van der Waals surface area contributed by atoms with Gasteiger partial charge in [-0.05, 0) is 49.7 Å². The lowest BCUT2D eigenvalue weighted by molar-refractivity contribution is -0.193. The molecule has 3 aliphatic rings. The van der Waals surface area contributed by atoms with Crippen LogP contribution in [0.3, 0.4) is 0 Å². The second kappa shape index (κ2) is 12.8. The van der Waals surface area contributed by atoms with E-state index >= 15 is 0 Å². The molecule has 3 N–H and O–H groups in total. The molecule has 0 atom stereocenters. The number of nitrogens with one attached hydrogen (secondary N) is 1. The van der Waals surface area contributed by atoms with Crippen molar-refractivity contribution in [1.82, 2.24) is 19.6 Å². The molecule has 42 heavy (non-hydrogen) atoms. The predicted molar refractivity (Wildman–Crippen MR) is 129 cm³/mol. The fraction of sp³-hybridized carbons (Fsp3) is 0.600. The van der Waals surface area contributed by atoms with Crippen LogP contribution in [0.2, 0.25) is 0 Å². The Kier molecular flexibility index (Phi) is 10.1. The number of imidazole rings is 1. The van der Waals surface area contributed by atoms with Crippen LogP contribution in [-0.4, -0.2) is 79.7 Å². The van der Waals surface area contributed by atoms with Gasteiger partial charge < -0.3 is 19.9 Å². The number of carbonyl (C=O) groups excluding carboxylic acids is 1. The van der Waals surface area contributed by atoms with E-state index in [0.29, 0.717) is 37.2 Å². The third kappa shape index (κ3) is 9.52. The van der Waals surface area contributed by atoms with E-state index in [-0.39, 0.29) is 24.8 Å². The van der Waals surface area contributed by atoms with Crippen molar-refractivity contribution in [2.24, 2.45) is 11.8 Å². The fourth-order valence-electron chi connectivity index (χ4n) is 4.37. The van der Waals surface area contributed by atoms with Crippen LogP contribution < -0.4 is 5.32 Å². The minimum absolute atomic E-state index is 0.107. The van der Waals surface area contributed by atoms with Gasteiger partial charge in [-0.2, -0.15) is 26.3 Å². The first kappa shape index (κ1) is 33.0. The lowest BCUT2D eigenvalue weighted by Crippen LogP contribution is -2.39. The topological polar surface area (TPSA) is 124 Å². The number of carboxylic acid groups (broad SMARTS) is 2. The van der Waals surface area contributed by atoms with E-state index in [1.165, 1.54) is 25.7 Å². The maximum atomic E-state index is 13.4. The van der Waals surface area contributed by atoms with E-state index in [0.717, 1.165) is 11.3 Å². The Morgan fingerprint density at radius 2 is 1.40 bits per heavy atom. The van der Waals surface area contributed by atoms with Gasteiger partial charge in [0.05, 0.1) is 12.1 Å². The summed E-state index contributed by atoms with van der Waals surface area (Å²) < 4.78 is 92.3. The number of aromatic nitrogens is 2. The molecular weight excluding hydrogens is 588 g/mol. The van der Waals surface area contributed by atoms with Gasteiger partial charge in [-0.25, -0.2) is 23.4 Å². The number of halogens is 8. The molecule has 1 aliphatic heterocycles.